The lowest BCUT2D eigenvalue weighted by atomic mass is 10.1. The molecule has 2 heterocycles. The van der Waals surface area contributed by atoms with Crippen LogP contribution in [0, 0.1) is 16.1 Å². The Morgan fingerprint density at radius 3 is 2.58 bits per heavy atom. The lowest BCUT2D eigenvalue weighted by molar-refractivity contribution is 0.821. The number of rotatable bonds is 6. The molecular weight excluding hydrogens is 406 g/mol. The number of nitriles is 1. The first-order chi connectivity index (χ1) is 15.0. The van der Waals surface area contributed by atoms with Crippen LogP contribution in [0.1, 0.15) is 36.5 Å². The molecule has 3 rings (SSSR count). The molecule has 0 fully saturated rings. The van der Waals surface area contributed by atoms with Crippen LogP contribution in [0.3, 0.4) is 0 Å². The molecule has 0 aliphatic carbocycles. The first-order valence-electron chi connectivity index (χ1n) is 9.96. The van der Waals surface area contributed by atoms with Crippen LogP contribution >= 0.6 is 12.2 Å². The Labute approximate surface area is 187 Å². The van der Waals surface area contributed by atoms with Crippen LogP contribution in [0.4, 0.5) is 0 Å². The third-order valence-corrected chi connectivity index (χ3v) is 4.30. The van der Waals surface area contributed by atoms with Gasteiger partial charge in [0.05, 0.1) is 41.0 Å². The summed E-state index contributed by atoms with van der Waals surface area (Å²) in [6, 6.07) is 17.1. The Bertz CT molecular complexity index is 1130. The second-order valence-electron chi connectivity index (χ2n) is 6.54. The third-order valence-electron chi connectivity index (χ3n) is 4.11. The maximum Gasteiger partial charge on any atom is 0.197 e. The number of benzene rings is 1. The van der Waals surface area contributed by atoms with Crippen LogP contribution in [0.25, 0.3) is 17.0 Å². The summed E-state index contributed by atoms with van der Waals surface area (Å²) in [4.78, 5) is 11.9. The van der Waals surface area contributed by atoms with Crippen LogP contribution in [0.2, 0.25) is 0 Å². The Balaban J connectivity index is 0.00000107. The topological polar surface area (TPSA) is 129 Å². The van der Waals surface area contributed by atoms with E-state index in [2.05, 4.69) is 33.3 Å². The summed E-state index contributed by atoms with van der Waals surface area (Å²) >= 11 is 5.24. The Morgan fingerprint density at radius 2 is 1.87 bits per heavy atom. The van der Waals surface area contributed by atoms with Gasteiger partial charge in [-0.2, -0.15) is 5.26 Å². The molecule has 0 bridgehead atoms. The number of nitrogens with zero attached hydrogens (tertiary/aromatic N) is 3. The molecule has 7 nitrogen and oxygen atoms in total. The van der Waals surface area contributed by atoms with E-state index >= 15 is 0 Å². The monoisotopic (exact) mass is 433 g/mol. The van der Waals surface area contributed by atoms with Gasteiger partial charge in [0.15, 0.2) is 4.77 Å². The zero-order chi connectivity index (χ0) is 22.6. The quantitative estimate of drug-likeness (QED) is 0.437. The molecule has 0 unspecified atom stereocenters. The lowest BCUT2D eigenvalue weighted by Crippen LogP contribution is -2.11. The van der Waals surface area contributed by atoms with Gasteiger partial charge in [-0.05, 0) is 55.5 Å². The van der Waals surface area contributed by atoms with Crippen molar-refractivity contribution in [3.63, 3.8) is 0 Å². The molecule has 0 saturated heterocycles. The maximum atomic E-state index is 9.09. The smallest absolute Gasteiger partial charge is 0.197 e. The van der Waals surface area contributed by atoms with E-state index in [4.69, 9.17) is 28.9 Å². The zero-order valence-electron chi connectivity index (χ0n) is 17.7. The predicted octanol–water partition coefficient (Wildman–Crippen LogP) is 3.65. The van der Waals surface area contributed by atoms with Gasteiger partial charge in [0.25, 0.3) is 0 Å². The summed E-state index contributed by atoms with van der Waals surface area (Å²) in [5.41, 5.74) is 16.2. The van der Waals surface area contributed by atoms with Crippen LogP contribution < -0.4 is 16.8 Å². The number of hydrogen-bond acceptors (Lipinski definition) is 7. The summed E-state index contributed by atoms with van der Waals surface area (Å²) in [5, 5.41) is 12.3. The number of nitrogens with two attached hydrogens (primary N) is 2. The molecule has 31 heavy (non-hydrogen) atoms. The molecular formula is C23H27N7S. The number of aryl methyl sites for hydroxylation is 1. The van der Waals surface area contributed by atoms with Crippen molar-refractivity contribution >= 4 is 17.9 Å². The molecule has 0 amide bonds. The van der Waals surface area contributed by atoms with Gasteiger partial charge in [0, 0.05) is 17.5 Å². The molecule has 3 aromatic rings. The van der Waals surface area contributed by atoms with Gasteiger partial charge in [0.1, 0.15) is 0 Å². The second kappa shape index (κ2) is 12.2. The highest BCUT2D eigenvalue weighted by Gasteiger charge is 2.06. The van der Waals surface area contributed by atoms with Crippen molar-refractivity contribution in [2.24, 2.45) is 11.5 Å². The second-order valence-corrected chi connectivity index (χ2v) is 6.93. The average Bonchev–Trinajstić information content (AvgIpc) is 2.79. The van der Waals surface area contributed by atoms with E-state index in [-0.39, 0.29) is 0 Å². The van der Waals surface area contributed by atoms with Gasteiger partial charge >= 0.3 is 0 Å². The van der Waals surface area contributed by atoms with Crippen molar-refractivity contribution in [1.82, 2.24) is 20.3 Å². The van der Waals surface area contributed by atoms with Crippen molar-refractivity contribution in [2.75, 3.05) is 6.54 Å². The fourth-order valence-electron chi connectivity index (χ4n) is 2.68. The highest BCUT2D eigenvalue weighted by atomic mass is 32.1. The SMILES string of the molecule is CCN.CCc1cccc(CN/C=C(\N)c2cc(-c3cccc(C#N)c3)nc(=S)[nH]2)n1. The number of aromatic nitrogens is 3. The number of aromatic amines is 1. The Hall–Kier alpha value is -3.54. The van der Waals surface area contributed by atoms with E-state index < -0.39 is 0 Å². The van der Waals surface area contributed by atoms with Gasteiger partial charge in [-0.3, -0.25) is 4.98 Å². The molecule has 0 spiro atoms. The standard InChI is InChI=1S/C21H20N6S.C2H7N/c1-2-16-7-4-8-17(25-16)12-24-13-18(23)20-10-19(26-21(28)27-20)15-6-3-5-14(9-15)11-22;1-2-3/h3-10,13,24H,2,12,23H2,1H3,(H,26,27,28);2-3H2,1H3/b18-13-;. The van der Waals surface area contributed by atoms with Crippen LogP contribution in [-0.4, -0.2) is 21.5 Å². The molecule has 0 aliphatic rings. The average molecular weight is 434 g/mol. The number of H-pyrrole nitrogens is 1. The van der Waals surface area contributed by atoms with Gasteiger partial charge in [0.2, 0.25) is 0 Å². The van der Waals surface area contributed by atoms with Crippen LogP contribution in [0.15, 0.2) is 54.7 Å². The summed E-state index contributed by atoms with van der Waals surface area (Å²) in [6.45, 7) is 5.30. The molecule has 8 heteroatoms. The van der Waals surface area contributed by atoms with Crippen molar-refractivity contribution < 1.29 is 0 Å². The molecule has 2 aromatic heterocycles. The van der Waals surface area contributed by atoms with E-state index in [0.29, 0.717) is 34.0 Å². The van der Waals surface area contributed by atoms with Gasteiger partial charge < -0.3 is 21.8 Å². The fourth-order valence-corrected chi connectivity index (χ4v) is 2.89. The van der Waals surface area contributed by atoms with Crippen molar-refractivity contribution in [3.8, 4) is 17.3 Å². The third kappa shape index (κ3) is 7.33. The van der Waals surface area contributed by atoms with E-state index in [0.717, 1.165) is 29.9 Å². The minimum absolute atomic E-state index is 0.323. The molecule has 1 aromatic carbocycles. The molecule has 0 aliphatic heterocycles. The fraction of sp³-hybridized carbons (Fsp3) is 0.217. The van der Waals surface area contributed by atoms with Gasteiger partial charge in [-0.25, -0.2) is 4.98 Å². The van der Waals surface area contributed by atoms with Crippen LogP contribution in [0.5, 0.6) is 0 Å². The zero-order valence-corrected chi connectivity index (χ0v) is 18.5. The Kier molecular flexibility index (Phi) is 9.36. The number of pyridine rings is 1. The van der Waals surface area contributed by atoms with E-state index in [9.17, 15) is 0 Å². The highest BCUT2D eigenvalue weighted by Crippen LogP contribution is 2.20. The maximum absolute atomic E-state index is 9.09. The molecule has 6 N–H and O–H groups in total. The van der Waals surface area contributed by atoms with Crippen molar-refractivity contribution in [1.29, 1.82) is 5.26 Å². The van der Waals surface area contributed by atoms with Crippen molar-refractivity contribution in [2.45, 2.75) is 26.8 Å². The highest BCUT2D eigenvalue weighted by molar-refractivity contribution is 7.71. The van der Waals surface area contributed by atoms with Gasteiger partial charge in [-0.15, -0.1) is 0 Å². The molecule has 0 saturated carbocycles. The number of nitrogens with one attached hydrogen (secondary N) is 2. The van der Waals surface area contributed by atoms with E-state index in [1.54, 1.807) is 18.3 Å². The first kappa shape index (κ1) is 23.7. The summed E-state index contributed by atoms with van der Waals surface area (Å²) in [7, 11) is 0. The normalized spacial score (nSPS) is 10.6. The molecule has 160 valence electrons. The summed E-state index contributed by atoms with van der Waals surface area (Å²) in [5.74, 6) is 0. The molecule has 0 atom stereocenters. The number of hydrogen-bond donors (Lipinski definition) is 4. The summed E-state index contributed by atoms with van der Waals surface area (Å²) < 4.78 is 0.323. The lowest BCUT2D eigenvalue weighted by Gasteiger charge is -2.08. The molecule has 0 radical (unpaired) electrons. The minimum atomic E-state index is 0.323. The minimum Gasteiger partial charge on any atom is -0.396 e. The van der Waals surface area contributed by atoms with Crippen LogP contribution in [-0.2, 0) is 13.0 Å². The predicted molar refractivity (Wildman–Crippen MR) is 127 cm³/mol. The first-order valence-corrected chi connectivity index (χ1v) is 10.4. The van der Waals surface area contributed by atoms with E-state index in [1.807, 2.05) is 43.3 Å². The largest absolute Gasteiger partial charge is 0.396 e. The Morgan fingerprint density at radius 1 is 1.16 bits per heavy atom. The van der Waals surface area contributed by atoms with Crippen molar-refractivity contribution in [3.05, 3.63) is 82.1 Å². The summed E-state index contributed by atoms with van der Waals surface area (Å²) in [6.07, 6.45) is 2.62. The van der Waals surface area contributed by atoms with E-state index in [1.165, 1.54) is 0 Å². The van der Waals surface area contributed by atoms with Gasteiger partial charge in [-0.1, -0.05) is 32.0 Å².